The van der Waals surface area contributed by atoms with Crippen molar-refractivity contribution in [2.45, 2.75) is 27.2 Å². The molecule has 222 valence electrons. The van der Waals surface area contributed by atoms with Gasteiger partial charge in [-0.1, -0.05) is 36.4 Å². The molecule has 44 heavy (non-hydrogen) atoms. The number of aromatic amines is 1. The Balaban J connectivity index is 0.000000249. The Bertz CT molecular complexity index is 1890. The number of pyridine rings is 2. The number of allylic oxidation sites excluding steroid dienone is 2. The molecule has 0 bridgehead atoms. The van der Waals surface area contributed by atoms with Gasteiger partial charge in [0, 0.05) is 58.6 Å². The van der Waals surface area contributed by atoms with Gasteiger partial charge in [-0.25, -0.2) is 19.7 Å². The van der Waals surface area contributed by atoms with Crippen LogP contribution < -0.4 is 5.32 Å². The number of hydrogen-bond acceptors (Lipinski definition) is 7. The molecule has 0 radical (unpaired) electrons. The number of nitrogens with zero attached hydrogens (tertiary/aromatic N) is 4. The highest BCUT2D eigenvalue weighted by atomic mass is 16.4. The maximum atomic E-state index is 10.8. The van der Waals surface area contributed by atoms with Crippen LogP contribution in [0, 0.1) is 12.3 Å². The number of aromatic nitrogens is 5. The van der Waals surface area contributed by atoms with Gasteiger partial charge >= 0.3 is 11.9 Å². The number of aryl methyl sites for hydroxylation is 1. The number of nitrogens with one attached hydrogen (secondary N) is 2. The molecule has 0 fully saturated rings. The number of benzene rings is 1. The maximum Gasteiger partial charge on any atom is 0.331 e. The maximum absolute atomic E-state index is 10.8. The van der Waals surface area contributed by atoms with Crippen LogP contribution >= 0.6 is 0 Å². The summed E-state index contributed by atoms with van der Waals surface area (Å²) in [7, 11) is 0. The molecule has 1 aliphatic rings. The number of H-pyrrole nitrogens is 1. The molecule has 1 aliphatic carbocycles. The number of rotatable bonds is 7. The fourth-order valence-electron chi connectivity index (χ4n) is 4.84. The van der Waals surface area contributed by atoms with E-state index in [1.54, 1.807) is 0 Å². The highest BCUT2D eigenvalue weighted by molar-refractivity contribution is 5.92. The average Bonchev–Trinajstić information content (AvgIpc) is 3.50. The minimum Gasteiger partial charge on any atom is -0.481 e. The average molecular weight is 589 g/mol. The van der Waals surface area contributed by atoms with Crippen molar-refractivity contribution in [2.75, 3.05) is 11.9 Å². The van der Waals surface area contributed by atoms with E-state index >= 15 is 0 Å². The predicted octanol–water partition coefficient (Wildman–Crippen LogP) is 6.54. The highest BCUT2D eigenvalue weighted by Crippen LogP contribution is 2.32. The lowest BCUT2D eigenvalue weighted by Gasteiger charge is -2.23. The third-order valence-corrected chi connectivity index (χ3v) is 7.23. The quantitative estimate of drug-likeness (QED) is 0.166. The summed E-state index contributed by atoms with van der Waals surface area (Å²) in [5, 5.41) is 21.8. The first kappa shape index (κ1) is 29.8. The zero-order valence-electron chi connectivity index (χ0n) is 24.6. The molecule has 0 aliphatic heterocycles. The Morgan fingerprint density at radius 2 is 1.75 bits per heavy atom. The molecule has 1 unspecified atom stereocenters. The zero-order valence-corrected chi connectivity index (χ0v) is 24.6. The third kappa shape index (κ3) is 6.54. The minimum atomic E-state index is -1.08. The van der Waals surface area contributed by atoms with Crippen LogP contribution in [0.2, 0.25) is 0 Å². The number of anilines is 1. The first-order valence-corrected chi connectivity index (χ1v) is 14.1. The molecule has 10 nitrogen and oxygen atoms in total. The molecule has 0 saturated heterocycles. The molecule has 5 aromatic rings. The van der Waals surface area contributed by atoms with Crippen LogP contribution in [-0.2, 0) is 9.59 Å². The highest BCUT2D eigenvalue weighted by Gasteiger charge is 2.34. The van der Waals surface area contributed by atoms with Crippen LogP contribution in [0.1, 0.15) is 26.0 Å². The summed E-state index contributed by atoms with van der Waals surface area (Å²) < 4.78 is 0. The molecule has 0 saturated carbocycles. The molecule has 0 spiro atoms. The van der Waals surface area contributed by atoms with E-state index in [0.717, 1.165) is 57.0 Å². The fraction of sp³-hybridized carbons (Fsp3) is 0.176. The molecular formula is C34H32N6O4. The second-order valence-corrected chi connectivity index (χ2v) is 10.6. The summed E-state index contributed by atoms with van der Waals surface area (Å²) in [6.07, 6.45) is 10.0. The summed E-state index contributed by atoms with van der Waals surface area (Å²) in [4.78, 5) is 43.2. The van der Waals surface area contributed by atoms with E-state index in [1.165, 1.54) is 25.2 Å². The van der Waals surface area contributed by atoms with Gasteiger partial charge in [0.25, 0.3) is 0 Å². The van der Waals surface area contributed by atoms with Gasteiger partial charge in [-0.2, -0.15) is 0 Å². The van der Waals surface area contributed by atoms with E-state index in [9.17, 15) is 9.59 Å². The molecule has 0 amide bonds. The smallest absolute Gasteiger partial charge is 0.331 e. The predicted molar refractivity (Wildman–Crippen MR) is 170 cm³/mol. The van der Waals surface area contributed by atoms with E-state index < -0.39 is 17.4 Å². The monoisotopic (exact) mass is 588 g/mol. The normalized spacial score (nSPS) is 15.7. The molecule has 10 heteroatoms. The summed E-state index contributed by atoms with van der Waals surface area (Å²) in [6, 6.07) is 18.4. The molecule has 1 aromatic carbocycles. The van der Waals surface area contributed by atoms with Crippen molar-refractivity contribution < 1.29 is 19.8 Å². The third-order valence-electron chi connectivity index (χ3n) is 7.23. The Labute approximate surface area is 254 Å². The number of hydrogen-bond donors (Lipinski definition) is 4. The van der Waals surface area contributed by atoms with Gasteiger partial charge in [0.15, 0.2) is 5.82 Å². The second kappa shape index (κ2) is 12.7. The molecule has 6 rings (SSSR count). The number of carboxylic acid groups (broad SMARTS) is 2. The van der Waals surface area contributed by atoms with Crippen molar-refractivity contribution in [3.63, 3.8) is 0 Å². The molecule has 4 aromatic heterocycles. The number of aliphatic carboxylic acids is 2. The van der Waals surface area contributed by atoms with Gasteiger partial charge in [-0.05, 0) is 69.2 Å². The lowest BCUT2D eigenvalue weighted by molar-refractivity contribution is -0.145. The van der Waals surface area contributed by atoms with Crippen molar-refractivity contribution in [3.8, 4) is 33.9 Å². The van der Waals surface area contributed by atoms with Gasteiger partial charge in [0.05, 0.1) is 11.1 Å². The zero-order chi connectivity index (χ0) is 31.3. The largest absolute Gasteiger partial charge is 0.481 e. The van der Waals surface area contributed by atoms with Crippen LogP contribution in [0.25, 0.3) is 44.9 Å². The first-order valence-electron chi connectivity index (χ1n) is 14.1. The van der Waals surface area contributed by atoms with Gasteiger partial charge in [0.2, 0.25) is 0 Å². The van der Waals surface area contributed by atoms with Gasteiger partial charge < -0.3 is 20.5 Å². The molecular weight excluding hydrogens is 556 g/mol. The molecule has 4 N–H and O–H groups in total. The first-order chi connectivity index (χ1) is 21.2. The van der Waals surface area contributed by atoms with Crippen LogP contribution in [-0.4, -0.2) is 53.6 Å². The molecule has 4 heterocycles. The van der Waals surface area contributed by atoms with Crippen LogP contribution in [0.15, 0.2) is 97.0 Å². The van der Waals surface area contributed by atoms with E-state index in [0.29, 0.717) is 5.82 Å². The van der Waals surface area contributed by atoms with Crippen LogP contribution in [0.4, 0.5) is 5.69 Å². The van der Waals surface area contributed by atoms with Gasteiger partial charge in [-0.3, -0.25) is 9.78 Å². The summed E-state index contributed by atoms with van der Waals surface area (Å²) in [5.41, 5.74) is 6.54. The Morgan fingerprint density at radius 1 is 0.977 bits per heavy atom. The molecule has 1 atom stereocenters. The SMILES string of the molecule is CC1(C(=O)O)C=CC=C(C(=O)O)C1.CCNc1ccc(-c2cncc(-c3nc(-c4cccc(C)n4)nc4[nH]ccc34)c2)cc1. The Morgan fingerprint density at radius 3 is 2.45 bits per heavy atom. The van der Waals surface area contributed by atoms with Crippen molar-refractivity contribution in [1.82, 2.24) is 24.9 Å². The minimum absolute atomic E-state index is 0.0359. The van der Waals surface area contributed by atoms with Crippen molar-refractivity contribution in [1.29, 1.82) is 0 Å². The summed E-state index contributed by atoms with van der Waals surface area (Å²) in [6.45, 7) is 6.45. The topological polar surface area (TPSA) is 154 Å². The fourth-order valence-corrected chi connectivity index (χ4v) is 4.84. The van der Waals surface area contributed by atoms with Crippen molar-refractivity contribution >= 4 is 28.7 Å². The lowest BCUT2D eigenvalue weighted by Crippen LogP contribution is -2.28. The Kier molecular flexibility index (Phi) is 8.61. The van der Waals surface area contributed by atoms with E-state index in [4.69, 9.17) is 15.2 Å². The van der Waals surface area contributed by atoms with E-state index in [2.05, 4.69) is 62.5 Å². The van der Waals surface area contributed by atoms with Crippen molar-refractivity contribution in [2.24, 2.45) is 5.41 Å². The van der Waals surface area contributed by atoms with Crippen LogP contribution in [0.5, 0.6) is 0 Å². The lowest BCUT2D eigenvalue weighted by atomic mass is 9.80. The van der Waals surface area contributed by atoms with Crippen LogP contribution in [0.3, 0.4) is 0 Å². The van der Waals surface area contributed by atoms with Gasteiger partial charge in [-0.15, -0.1) is 0 Å². The second-order valence-electron chi connectivity index (χ2n) is 10.6. The number of fused-ring (bicyclic) bond motifs is 1. The Hall–Kier alpha value is -5.64. The van der Waals surface area contributed by atoms with E-state index in [1.807, 2.05) is 49.8 Å². The number of carboxylic acids is 2. The number of carbonyl (C=O) groups is 2. The standard InChI is InChI=1S/C25H22N6.C9H10O4/c1-3-27-20-9-7-17(8-10-20)18-13-19(15-26-14-18)23-21-11-12-28-24(21)31-25(30-23)22-6-4-5-16(2)29-22;1-9(8(12)13)4-2-3-6(5-9)7(10)11/h4-15,27H,3H2,1-2H3,(H,28,30,31);2-4H,5H2,1H3,(H,10,11)(H,12,13). The summed E-state index contributed by atoms with van der Waals surface area (Å²) >= 11 is 0. The van der Waals surface area contributed by atoms with E-state index in [-0.39, 0.29) is 12.0 Å². The summed E-state index contributed by atoms with van der Waals surface area (Å²) in [5.74, 6) is -1.47. The van der Waals surface area contributed by atoms with Crippen molar-refractivity contribution in [3.05, 3.63) is 103 Å². The van der Waals surface area contributed by atoms with Gasteiger partial charge in [0.1, 0.15) is 11.3 Å².